The van der Waals surface area contributed by atoms with E-state index in [9.17, 15) is 9.59 Å². The number of nitrogens with two attached hydrogens (primary N) is 1. The Morgan fingerprint density at radius 3 is 2.67 bits per heavy atom. The number of amides is 2. The maximum atomic E-state index is 12.6. The first-order valence-corrected chi connectivity index (χ1v) is 8.42. The summed E-state index contributed by atoms with van der Waals surface area (Å²) in [6, 6.07) is 0.133. The van der Waals surface area contributed by atoms with Crippen LogP contribution in [-0.2, 0) is 9.59 Å². The predicted molar refractivity (Wildman–Crippen MR) is 82.7 cm³/mol. The van der Waals surface area contributed by atoms with E-state index in [1.807, 2.05) is 11.8 Å². The molecule has 21 heavy (non-hydrogen) atoms. The summed E-state index contributed by atoms with van der Waals surface area (Å²) in [6.07, 6.45) is 8.00. The summed E-state index contributed by atoms with van der Waals surface area (Å²) in [5.74, 6) is 0.211. The highest BCUT2D eigenvalue weighted by atomic mass is 16.2. The van der Waals surface area contributed by atoms with E-state index >= 15 is 0 Å². The number of nitrogens with zero attached hydrogens (tertiary/aromatic N) is 2. The Morgan fingerprint density at radius 1 is 1.19 bits per heavy atom. The summed E-state index contributed by atoms with van der Waals surface area (Å²) in [6.45, 7) is 3.72. The number of carbonyl (C=O) groups is 2. The topological polar surface area (TPSA) is 66.6 Å². The molecule has 0 aromatic heterocycles. The third-order valence-electron chi connectivity index (χ3n) is 4.72. The SMILES string of the molecule is CC(N)C1CCCCN1C(=O)CN1CCCCCCC1=O. The normalized spacial score (nSPS) is 26.2. The van der Waals surface area contributed by atoms with Crippen molar-refractivity contribution in [3.05, 3.63) is 0 Å². The predicted octanol–water partition coefficient (Wildman–Crippen LogP) is 1.51. The van der Waals surface area contributed by atoms with Crippen molar-refractivity contribution >= 4 is 11.8 Å². The van der Waals surface area contributed by atoms with Crippen molar-refractivity contribution in [1.29, 1.82) is 0 Å². The number of likely N-dealkylation sites (tertiary alicyclic amines) is 2. The van der Waals surface area contributed by atoms with Crippen LogP contribution < -0.4 is 5.73 Å². The quantitative estimate of drug-likeness (QED) is 0.858. The van der Waals surface area contributed by atoms with Crippen molar-refractivity contribution in [3.63, 3.8) is 0 Å². The van der Waals surface area contributed by atoms with Crippen molar-refractivity contribution in [2.75, 3.05) is 19.6 Å². The molecule has 5 nitrogen and oxygen atoms in total. The molecule has 0 bridgehead atoms. The van der Waals surface area contributed by atoms with Crippen molar-refractivity contribution in [3.8, 4) is 0 Å². The molecule has 2 fully saturated rings. The molecule has 0 aliphatic carbocycles. The summed E-state index contributed by atoms with van der Waals surface area (Å²) in [4.78, 5) is 28.4. The van der Waals surface area contributed by atoms with Gasteiger partial charge in [0, 0.05) is 31.6 Å². The molecular weight excluding hydrogens is 266 g/mol. The Labute approximate surface area is 127 Å². The number of hydrogen-bond acceptors (Lipinski definition) is 3. The van der Waals surface area contributed by atoms with E-state index in [-0.39, 0.29) is 30.4 Å². The molecule has 0 spiro atoms. The molecule has 2 amide bonds. The van der Waals surface area contributed by atoms with Gasteiger partial charge < -0.3 is 15.5 Å². The van der Waals surface area contributed by atoms with Gasteiger partial charge >= 0.3 is 0 Å². The first kappa shape index (κ1) is 16.3. The number of piperidine rings is 1. The van der Waals surface area contributed by atoms with Crippen LogP contribution in [0.25, 0.3) is 0 Å². The third-order valence-corrected chi connectivity index (χ3v) is 4.72. The zero-order valence-electron chi connectivity index (χ0n) is 13.2. The van der Waals surface area contributed by atoms with E-state index in [0.717, 1.165) is 58.0 Å². The molecule has 0 aromatic rings. The summed E-state index contributed by atoms with van der Waals surface area (Å²) in [5, 5.41) is 0. The molecule has 0 aromatic carbocycles. The maximum absolute atomic E-state index is 12.6. The highest BCUT2D eigenvalue weighted by Gasteiger charge is 2.30. The fourth-order valence-corrected chi connectivity index (χ4v) is 3.45. The van der Waals surface area contributed by atoms with Gasteiger partial charge in [0.15, 0.2) is 0 Å². The fraction of sp³-hybridized carbons (Fsp3) is 0.875. The lowest BCUT2D eigenvalue weighted by atomic mass is 9.97. The Kier molecular flexibility index (Phi) is 6.03. The third kappa shape index (κ3) is 4.43. The minimum absolute atomic E-state index is 0.00251. The highest BCUT2D eigenvalue weighted by molar-refractivity contribution is 5.85. The van der Waals surface area contributed by atoms with Gasteiger partial charge in [-0.2, -0.15) is 0 Å². The molecule has 2 rings (SSSR count). The lowest BCUT2D eigenvalue weighted by Gasteiger charge is -2.39. The van der Waals surface area contributed by atoms with Crippen LogP contribution in [0.3, 0.4) is 0 Å². The van der Waals surface area contributed by atoms with Crippen molar-refractivity contribution in [2.45, 2.75) is 70.4 Å². The minimum atomic E-state index is -0.00251. The number of hydrogen-bond donors (Lipinski definition) is 1. The molecular formula is C16H29N3O2. The standard InChI is InChI=1S/C16H29N3O2/c1-13(17)14-8-5-7-11-19(14)16(21)12-18-10-6-3-2-4-9-15(18)20/h13-14H,2-12,17H2,1H3. The molecule has 2 aliphatic rings. The van der Waals surface area contributed by atoms with Crippen molar-refractivity contribution in [1.82, 2.24) is 9.80 Å². The molecule has 0 radical (unpaired) electrons. The van der Waals surface area contributed by atoms with E-state index < -0.39 is 0 Å². The van der Waals surface area contributed by atoms with Crippen LogP contribution >= 0.6 is 0 Å². The monoisotopic (exact) mass is 295 g/mol. The van der Waals surface area contributed by atoms with Crippen LogP contribution in [0.5, 0.6) is 0 Å². The second-order valence-corrected chi connectivity index (χ2v) is 6.49. The first-order chi connectivity index (χ1) is 10.1. The Hall–Kier alpha value is -1.10. The molecule has 2 unspecified atom stereocenters. The summed E-state index contributed by atoms with van der Waals surface area (Å²) in [5.41, 5.74) is 6.03. The Bertz CT molecular complexity index is 371. The van der Waals surface area contributed by atoms with E-state index in [2.05, 4.69) is 0 Å². The van der Waals surface area contributed by atoms with Crippen LogP contribution in [-0.4, -0.2) is 53.3 Å². The lowest BCUT2D eigenvalue weighted by molar-refractivity contribution is -0.143. The number of carbonyl (C=O) groups excluding carboxylic acids is 2. The van der Waals surface area contributed by atoms with Gasteiger partial charge in [-0.3, -0.25) is 9.59 Å². The van der Waals surface area contributed by atoms with E-state index in [1.165, 1.54) is 0 Å². The van der Waals surface area contributed by atoms with Crippen molar-refractivity contribution < 1.29 is 9.59 Å². The van der Waals surface area contributed by atoms with Crippen LogP contribution in [0, 0.1) is 0 Å². The molecule has 2 heterocycles. The molecule has 2 aliphatic heterocycles. The van der Waals surface area contributed by atoms with Crippen LogP contribution in [0.2, 0.25) is 0 Å². The Balaban J connectivity index is 1.96. The molecule has 0 saturated carbocycles. The average Bonchev–Trinajstić information content (AvgIpc) is 2.46. The lowest BCUT2D eigenvalue weighted by Crippen LogP contribution is -2.54. The van der Waals surface area contributed by atoms with E-state index in [1.54, 1.807) is 4.90 Å². The summed E-state index contributed by atoms with van der Waals surface area (Å²) < 4.78 is 0. The molecule has 2 N–H and O–H groups in total. The van der Waals surface area contributed by atoms with Gasteiger partial charge in [-0.1, -0.05) is 12.8 Å². The second-order valence-electron chi connectivity index (χ2n) is 6.49. The zero-order valence-corrected chi connectivity index (χ0v) is 13.2. The van der Waals surface area contributed by atoms with E-state index in [0.29, 0.717) is 6.42 Å². The second kappa shape index (κ2) is 7.78. The van der Waals surface area contributed by atoms with Crippen LogP contribution in [0.4, 0.5) is 0 Å². The minimum Gasteiger partial charge on any atom is -0.337 e. The van der Waals surface area contributed by atoms with Gasteiger partial charge in [0.2, 0.25) is 11.8 Å². The largest absolute Gasteiger partial charge is 0.337 e. The van der Waals surface area contributed by atoms with Gasteiger partial charge in [-0.25, -0.2) is 0 Å². The smallest absolute Gasteiger partial charge is 0.242 e. The Morgan fingerprint density at radius 2 is 1.90 bits per heavy atom. The molecule has 2 saturated heterocycles. The fourth-order valence-electron chi connectivity index (χ4n) is 3.45. The van der Waals surface area contributed by atoms with Gasteiger partial charge in [-0.05, 0) is 39.0 Å². The summed E-state index contributed by atoms with van der Waals surface area (Å²) in [7, 11) is 0. The van der Waals surface area contributed by atoms with Gasteiger partial charge in [0.05, 0.1) is 6.54 Å². The van der Waals surface area contributed by atoms with Gasteiger partial charge in [-0.15, -0.1) is 0 Å². The van der Waals surface area contributed by atoms with Gasteiger partial charge in [0.25, 0.3) is 0 Å². The molecule has 2 atom stereocenters. The maximum Gasteiger partial charge on any atom is 0.242 e. The van der Waals surface area contributed by atoms with Gasteiger partial charge in [0.1, 0.15) is 0 Å². The summed E-state index contributed by atoms with van der Waals surface area (Å²) >= 11 is 0. The van der Waals surface area contributed by atoms with E-state index in [4.69, 9.17) is 5.73 Å². The van der Waals surface area contributed by atoms with Crippen LogP contribution in [0.15, 0.2) is 0 Å². The molecule has 120 valence electrons. The van der Waals surface area contributed by atoms with Crippen LogP contribution in [0.1, 0.15) is 58.3 Å². The average molecular weight is 295 g/mol. The number of rotatable bonds is 3. The first-order valence-electron chi connectivity index (χ1n) is 8.42. The zero-order chi connectivity index (χ0) is 15.2. The highest BCUT2D eigenvalue weighted by Crippen LogP contribution is 2.20. The molecule has 5 heteroatoms. The van der Waals surface area contributed by atoms with Crippen molar-refractivity contribution in [2.24, 2.45) is 5.73 Å².